The molecule has 2 unspecified atom stereocenters. The van der Waals surface area contributed by atoms with Crippen molar-refractivity contribution in [1.29, 1.82) is 0 Å². The number of hydrogen-bond donors (Lipinski definition) is 0. The van der Waals surface area contributed by atoms with Gasteiger partial charge in [-0.2, -0.15) is 0 Å². The summed E-state index contributed by atoms with van der Waals surface area (Å²) in [5, 5.41) is 0. The quantitative estimate of drug-likeness (QED) is 0.593. The highest BCUT2D eigenvalue weighted by atomic mass is 16.2. The number of carbonyl (C=O) groups is 4. The lowest BCUT2D eigenvalue weighted by molar-refractivity contribution is -0.131. The molecule has 2 fully saturated rings. The average Bonchev–Trinajstić information content (AvgIpc) is 2.90. The predicted molar refractivity (Wildman–Crippen MR) is 61.5 cm³/mol. The number of amides is 2. The maximum atomic E-state index is 11.6. The number of carbonyl (C=O) groups excluding carboxylic acids is 4. The van der Waals surface area contributed by atoms with Crippen LogP contribution >= 0.6 is 0 Å². The van der Waals surface area contributed by atoms with Gasteiger partial charge in [-0.1, -0.05) is 0 Å². The highest BCUT2D eigenvalue weighted by Crippen LogP contribution is 2.18. The molecule has 0 aromatic heterocycles. The van der Waals surface area contributed by atoms with Crippen molar-refractivity contribution in [3.8, 4) is 0 Å². The third-order valence-electron chi connectivity index (χ3n) is 3.51. The molecular weight excluding hydrogens is 236 g/mol. The van der Waals surface area contributed by atoms with Gasteiger partial charge in [-0.25, -0.2) is 0 Å². The Kier molecular flexibility index (Phi) is 3.74. The van der Waals surface area contributed by atoms with E-state index in [9.17, 15) is 19.2 Å². The molecule has 2 saturated heterocycles. The van der Waals surface area contributed by atoms with E-state index in [-0.39, 0.29) is 36.5 Å². The number of likely N-dealkylation sites (tertiary alicyclic amines) is 2. The van der Waals surface area contributed by atoms with Gasteiger partial charge in [-0.05, 0) is 0 Å². The topological polar surface area (TPSA) is 74.8 Å². The van der Waals surface area contributed by atoms with Gasteiger partial charge >= 0.3 is 0 Å². The monoisotopic (exact) mass is 252 g/mol. The molecule has 2 amide bonds. The van der Waals surface area contributed by atoms with E-state index >= 15 is 0 Å². The number of hydrogen-bond acceptors (Lipinski definition) is 4. The summed E-state index contributed by atoms with van der Waals surface area (Å²) in [5.74, 6) is -0.500. The van der Waals surface area contributed by atoms with Crippen molar-refractivity contribution < 1.29 is 19.2 Å². The summed E-state index contributed by atoms with van der Waals surface area (Å²) < 4.78 is 0. The van der Waals surface area contributed by atoms with Crippen LogP contribution in [0.15, 0.2) is 0 Å². The first-order valence-electron chi connectivity index (χ1n) is 6.10. The van der Waals surface area contributed by atoms with E-state index in [0.29, 0.717) is 26.2 Å². The molecule has 6 heteroatoms. The Morgan fingerprint density at radius 1 is 0.889 bits per heavy atom. The molecule has 18 heavy (non-hydrogen) atoms. The molecule has 2 aliphatic heterocycles. The molecule has 2 heterocycles. The molecule has 0 N–H and O–H groups in total. The molecule has 2 rings (SSSR count). The summed E-state index contributed by atoms with van der Waals surface area (Å²) in [6, 6.07) is 0. The second-order valence-corrected chi connectivity index (χ2v) is 4.88. The zero-order chi connectivity index (χ0) is 13.1. The first kappa shape index (κ1) is 12.7. The lowest BCUT2D eigenvalue weighted by Gasteiger charge is -2.21. The van der Waals surface area contributed by atoms with Crippen LogP contribution in [0.25, 0.3) is 0 Å². The number of aldehydes is 2. The Labute approximate surface area is 105 Å². The van der Waals surface area contributed by atoms with Gasteiger partial charge < -0.3 is 19.4 Å². The minimum Gasteiger partial charge on any atom is -0.340 e. The first-order valence-corrected chi connectivity index (χ1v) is 6.10. The van der Waals surface area contributed by atoms with Crippen LogP contribution in [0.5, 0.6) is 0 Å². The van der Waals surface area contributed by atoms with Crippen molar-refractivity contribution >= 4 is 24.4 Å². The van der Waals surface area contributed by atoms with Crippen LogP contribution in [0.4, 0.5) is 0 Å². The van der Waals surface area contributed by atoms with Crippen LogP contribution in [0.3, 0.4) is 0 Å². The van der Waals surface area contributed by atoms with Crippen molar-refractivity contribution in [2.75, 3.05) is 26.2 Å². The van der Waals surface area contributed by atoms with Crippen molar-refractivity contribution in [2.45, 2.75) is 12.8 Å². The van der Waals surface area contributed by atoms with Crippen LogP contribution < -0.4 is 0 Å². The SMILES string of the molecule is O=CC1CC(=O)N(CCN2CC(C=O)CC2=O)C1. The second kappa shape index (κ2) is 5.29. The van der Waals surface area contributed by atoms with Gasteiger partial charge in [0.05, 0.1) is 0 Å². The van der Waals surface area contributed by atoms with E-state index in [4.69, 9.17) is 0 Å². The van der Waals surface area contributed by atoms with Gasteiger partial charge in [-0.3, -0.25) is 9.59 Å². The molecule has 0 aromatic rings. The van der Waals surface area contributed by atoms with E-state index in [1.807, 2.05) is 0 Å². The minimum absolute atomic E-state index is 0.0364. The molecule has 0 bridgehead atoms. The summed E-state index contributed by atoms with van der Waals surface area (Å²) >= 11 is 0. The maximum absolute atomic E-state index is 11.6. The fourth-order valence-electron chi connectivity index (χ4n) is 2.46. The first-order chi connectivity index (χ1) is 8.63. The fourth-order valence-corrected chi connectivity index (χ4v) is 2.46. The Morgan fingerprint density at radius 2 is 1.28 bits per heavy atom. The Morgan fingerprint density at radius 3 is 1.56 bits per heavy atom. The Bertz CT molecular complexity index is 346. The standard InChI is InChI=1S/C12H16N2O4/c15-7-9-3-11(17)13(5-9)1-2-14-6-10(8-16)4-12(14)18/h7-10H,1-6H2. The van der Waals surface area contributed by atoms with Crippen LogP contribution in [-0.4, -0.2) is 60.4 Å². The lowest BCUT2D eigenvalue weighted by Crippen LogP contribution is -2.37. The molecule has 0 spiro atoms. The third-order valence-corrected chi connectivity index (χ3v) is 3.51. The van der Waals surface area contributed by atoms with Crippen molar-refractivity contribution in [3.63, 3.8) is 0 Å². The number of rotatable bonds is 5. The van der Waals surface area contributed by atoms with Gasteiger partial charge in [0.25, 0.3) is 0 Å². The molecular formula is C12H16N2O4. The maximum Gasteiger partial charge on any atom is 0.223 e. The van der Waals surface area contributed by atoms with Crippen molar-refractivity contribution in [1.82, 2.24) is 9.80 Å². The predicted octanol–water partition coefficient (Wildman–Crippen LogP) is -0.919. The van der Waals surface area contributed by atoms with Gasteiger partial charge in [0.1, 0.15) is 12.6 Å². The highest BCUT2D eigenvalue weighted by molar-refractivity contribution is 5.84. The highest BCUT2D eigenvalue weighted by Gasteiger charge is 2.32. The molecule has 0 saturated carbocycles. The molecule has 6 nitrogen and oxygen atoms in total. The minimum atomic E-state index is -0.213. The molecule has 2 atom stereocenters. The van der Waals surface area contributed by atoms with E-state index in [1.54, 1.807) is 9.80 Å². The second-order valence-electron chi connectivity index (χ2n) is 4.88. The fraction of sp³-hybridized carbons (Fsp3) is 0.667. The normalized spacial score (nSPS) is 28.0. The summed E-state index contributed by atoms with van der Waals surface area (Å²) in [7, 11) is 0. The summed E-state index contributed by atoms with van der Waals surface area (Å²) in [4.78, 5) is 47.6. The average molecular weight is 252 g/mol. The summed E-state index contributed by atoms with van der Waals surface area (Å²) in [6.45, 7) is 1.78. The zero-order valence-electron chi connectivity index (χ0n) is 10.1. The lowest BCUT2D eigenvalue weighted by atomic mass is 10.1. The van der Waals surface area contributed by atoms with E-state index in [0.717, 1.165) is 12.6 Å². The summed E-state index contributed by atoms with van der Waals surface area (Å²) in [5.41, 5.74) is 0. The molecule has 0 radical (unpaired) electrons. The van der Waals surface area contributed by atoms with E-state index in [2.05, 4.69) is 0 Å². The largest absolute Gasteiger partial charge is 0.340 e. The van der Waals surface area contributed by atoms with Gasteiger partial charge in [0, 0.05) is 50.9 Å². The van der Waals surface area contributed by atoms with Gasteiger partial charge in [0.15, 0.2) is 0 Å². The van der Waals surface area contributed by atoms with Crippen LogP contribution in [0, 0.1) is 11.8 Å². The third kappa shape index (κ3) is 2.57. The molecule has 0 aliphatic carbocycles. The zero-order valence-corrected chi connectivity index (χ0v) is 10.1. The Balaban J connectivity index is 1.82. The van der Waals surface area contributed by atoms with E-state index in [1.165, 1.54) is 0 Å². The van der Waals surface area contributed by atoms with E-state index < -0.39 is 0 Å². The van der Waals surface area contributed by atoms with Gasteiger partial charge in [0.2, 0.25) is 11.8 Å². The molecule has 2 aliphatic rings. The van der Waals surface area contributed by atoms with Crippen molar-refractivity contribution in [2.24, 2.45) is 11.8 Å². The van der Waals surface area contributed by atoms with Crippen LogP contribution in [0.2, 0.25) is 0 Å². The molecule has 0 aromatic carbocycles. The van der Waals surface area contributed by atoms with Crippen LogP contribution in [-0.2, 0) is 19.2 Å². The summed E-state index contributed by atoms with van der Waals surface area (Å²) in [6.07, 6.45) is 2.16. The van der Waals surface area contributed by atoms with Gasteiger partial charge in [-0.15, -0.1) is 0 Å². The molecule has 98 valence electrons. The Hall–Kier alpha value is -1.72. The smallest absolute Gasteiger partial charge is 0.223 e. The van der Waals surface area contributed by atoms with Crippen molar-refractivity contribution in [3.05, 3.63) is 0 Å². The number of nitrogens with zero attached hydrogens (tertiary/aromatic N) is 2. The van der Waals surface area contributed by atoms with Crippen LogP contribution in [0.1, 0.15) is 12.8 Å².